The Labute approximate surface area is 162 Å². The maximum absolute atomic E-state index is 12.0. The highest BCUT2D eigenvalue weighted by Crippen LogP contribution is 2.19. The van der Waals surface area contributed by atoms with E-state index in [1.807, 2.05) is 44.2 Å². The predicted octanol–water partition coefficient (Wildman–Crippen LogP) is 4.71. The number of nitrogens with one attached hydrogen (secondary N) is 1. The molecule has 0 bridgehead atoms. The van der Waals surface area contributed by atoms with Gasteiger partial charge in [-0.1, -0.05) is 6.07 Å². The third-order valence-electron chi connectivity index (χ3n) is 4.25. The van der Waals surface area contributed by atoms with Crippen molar-refractivity contribution in [3.8, 4) is 11.5 Å². The minimum atomic E-state index is -0.123. The van der Waals surface area contributed by atoms with Crippen molar-refractivity contribution in [3.05, 3.63) is 53.6 Å². The number of amides is 2. The summed E-state index contributed by atoms with van der Waals surface area (Å²) in [4.78, 5) is 13.6. The highest BCUT2D eigenvalue weighted by molar-refractivity contribution is 5.91. The molecule has 0 aromatic heterocycles. The van der Waals surface area contributed by atoms with E-state index >= 15 is 0 Å². The number of benzene rings is 2. The van der Waals surface area contributed by atoms with Gasteiger partial charge in [-0.05, 0) is 75.2 Å². The second kappa shape index (κ2) is 9.86. The Morgan fingerprint density at radius 3 is 2.15 bits per heavy atom. The van der Waals surface area contributed by atoms with Gasteiger partial charge in [0.15, 0.2) is 0 Å². The average molecular weight is 370 g/mol. The van der Waals surface area contributed by atoms with Gasteiger partial charge in [0.1, 0.15) is 11.5 Å². The molecule has 5 nitrogen and oxygen atoms in total. The molecule has 0 aliphatic rings. The van der Waals surface area contributed by atoms with E-state index in [-0.39, 0.29) is 12.1 Å². The molecule has 2 aromatic carbocycles. The molecule has 27 heavy (non-hydrogen) atoms. The lowest BCUT2D eigenvalue weighted by Crippen LogP contribution is -2.40. The third kappa shape index (κ3) is 6.51. The number of nitrogens with zero attached hydrogens (tertiary/aromatic N) is 1. The van der Waals surface area contributed by atoms with Crippen LogP contribution in [0.3, 0.4) is 0 Å². The molecule has 2 amide bonds. The first-order chi connectivity index (χ1) is 12.9. The van der Waals surface area contributed by atoms with Crippen molar-refractivity contribution in [2.45, 2.75) is 40.2 Å². The number of urea groups is 1. The molecule has 146 valence electrons. The van der Waals surface area contributed by atoms with E-state index in [1.54, 1.807) is 11.9 Å². The van der Waals surface area contributed by atoms with Gasteiger partial charge in [-0.2, -0.15) is 0 Å². The molecule has 2 rings (SSSR count). The number of carbonyl (C=O) groups is 1. The zero-order chi connectivity index (χ0) is 19.8. The smallest absolute Gasteiger partial charge is 0.321 e. The Morgan fingerprint density at radius 1 is 0.963 bits per heavy atom. The molecule has 0 unspecified atom stereocenters. The number of rotatable bonds is 8. The van der Waals surface area contributed by atoms with Crippen LogP contribution in [0.5, 0.6) is 11.5 Å². The van der Waals surface area contributed by atoms with Crippen molar-refractivity contribution in [1.82, 2.24) is 5.32 Å². The number of ether oxygens (including phenoxy) is 2. The first kappa shape index (κ1) is 20.6. The summed E-state index contributed by atoms with van der Waals surface area (Å²) in [5.74, 6) is 1.67. The lowest BCUT2D eigenvalue weighted by molar-refractivity contribution is 0.245. The molecule has 0 saturated heterocycles. The van der Waals surface area contributed by atoms with Gasteiger partial charge in [0.2, 0.25) is 0 Å². The van der Waals surface area contributed by atoms with Crippen LogP contribution in [0.1, 0.15) is 31.4 Å². The van der Waals surface area contributed by atoms with Crippen molar-refractivity contribution >= 4 is 11.7 Å². The fraction of sp³-hybridized carbons (Fsp3) is 0.409. The van der Waals surface area contributed by atoms with Gasteiger partial charge in [0, 0.05) is 25.2 Å². The van der Waals surface area contributed by atoms with Gasteiger partial charge < -0.3 is 14.8 Å². The fourth-order valence-corrected chi connectivity index (χ4v) is 2.47. The Bertz CT molecular complexity index is 742. The molecule has 0 aliphatic heterocycles. The quantitative estimate of drug-likeness (QED) is 0.685. The van der Waals surface area contributed by atoms with E-state index in [0.717, 1.165) is 23.6 Å². The van der Waals surface area contributed by atoms with Crippen LogP contribution < -0.4 is 19.7 Å². The van der Waals surface area contributed by atoms with E-state index in [9.17, 15) is 4.79 Å². The summed E-state index contributed by atoms with van der Waals surface area (Å²) in [5, 5.41) is 2.87. The molecule has 5 heteroatoms. The van der Waals surface area contributed by atoms with Crippen LogP contribution in [-0.4, -0.2) is 32.3 Å². The number of aryl methyl sites for hydroxylation is 2. The van der Waals surface area contributed by atoms with Crippen LogP contribution in [0.15, 0.2) is 42.5 Å². The van der Waals surface area contributed by atoms with Crippen LogP contribution in [0, 0.1) is 13.8 Å². The van der Waals surface area contributed by atoms with Gasteiger partial charge in [0.25, 0.3) is 0 Å². The van der Waals surface area contributed by atoms with E-state index in [0.29, 0.717) is 13.2 Å². The van der Waals surface area contributed by atoms with Gasteiger partial charge in [0.05, 0.1) is 13.2 Å². The topological polar surface area (TPSA) is 50.8 Å². The van der Waals surface area contributed by atoms with Crippen molar-refractivity contribution < 1.29 is 14.3 Å². The minimum absolute atomic E-state index is 0.105. The van der Waals surface area contributed by atoms with Gasteiger partial charge in [-0.25, -0.2) is 4.79 Å². The zero-order valence-electron chi connectivity index (χ0n) is 16.9. The molecule has 0 fully saturated rings. The van der Waals surface area contributed by atoms with Gasteiger partial charge >= 0.3 is 6.03 Å². The molecule has 0 aliphatic carbocycles. The second-order valence-corrected chi connectivity index (χ2v) is 6.95. The van der Waals surface area contributed by atoms with E-state index in [2.05, 4.69) is 31.3 Å². The van der Waals surface area contributed by atoms with Crippen molar-refractivity contribution in [2.24, 2.45) is 0 Å². The van der Waals surface area contributed by atoms with Gasteiger partial charge in [-0.15, -0.1) is 0 Å². The SMILES string of the molecule is Cc1ccc(OCCCOc2ccc(N(C)C(=O)NC(C)C)cc2)cc1C. The summed E-state index contributed by atoms with van der Waals surface area (Å²) in [6.07, 6.45) is 0.797. The van der Waals surface area contributed by atoms with Crippen LogP contribution in [0.2, 0.25) is 0 Å². The summed E-state index contributed by atoms with van der Waals surface area (Å²) in [5.41, 5.74) is 3.32. The Morgan fingerprint density at radius 2 is 1.56 bits per heavy atom. The molecular weight excluding hydrogens is 340 g/mol. The monoisotopic (exact) mass is 370 g/mol. The summed E-state index contributed by atoms with van der Waals surface area (Å²) in [6.45, 7) is 9.23. The van der Waals surface area contributed by atoms with Crippen LogP contribution in [0.4, 0.5) is 10.5 Å². The number of carbonyl (C=O) groups excluding carboxylic acids is 1. The molecule has 0 atom stereocenters. The molecular formula is C22H30N2O3. The van der Waals surface area contributed by atoms with E-state index < -0.39 is 0 Å². The fourth-order valence-electron chi connectivity index (χ4n) is 2.47. The van der Waals surface area contributed by atoms with Crippen molar-refractivity contribution in [2.75, 3.05) is 25.2 Å². The lowest BCUT2D eigenvalue weighted by atomic mass is 10.1. The van der Waals surface area contributed by atoms with Gasteiger partial charge in [-0.3, -0.25) is 4.90 Å². The second-order valence-electron chi connectivity index (χ2n) is 6.95. The largest absolute Gasteiger partial charge is 0.493 e. The Hall–Kier alpha value is -2.69. The normalized spacial score (nSPS) is 10.6. The number of hydrogen-bond acceptors (Lipinski definition) is 3. The highest BCUT2D eigenvalue weighted by Gasteiger charge is 2.11. The predicted molar refractivity (Wildman–Crippen MR) is 110 cm³/mol. The summed E-state index contributed by atoms with van der Waals surface area (Å²) in [6, 6.07) is 13.6. The highest BCUT2D eigenvalue weighted by atomic mass is 16.5. The molecule has 2 aromatic rings. The van der Waals surface area contributed by atoms with Crippen LogP contribution in [0.25, 0.3) is 0 Å². The zero-order valence-corrected chi connectivity index (χ0v) is 16.9. The third-order valence-corrected chi connectivity index (χ3v) is 4.25. The first-order valence-corrected chi connectivity index (χ1v) is 9.34. The summed E-state index contributed by atoms with van der Waals surface area (Å²) in [7, 11) is 1.75. The van der Waals surface area contributed by atoms with Crippen LogP contribution >= 0.6 is 0 Å². The number of anilines is 1. The molecule has 0 spiro atoms. The van der Waals surface area contributed by atoms with E-state index in [1.165, 1.54) is 11.1 Å². The molecule has 0 saturated carbocycles. The first-order valence-electron chi connectivity index (χ1n) is 9.34. The van der Waals surface area contributed by atoms with Crippen molar-refractivity contribution in [1.29, 1.82) is 0 Å². The maximum atomic E-state index is 12.0. The summed E-state index contributed by atoms with van der Waals surface area (Å²) >= 11 is 0. The number of hydrogen-bond donors (Lipinski definition) is 1. The molecule has 1 N–H and O–H groups in total. The maximum Gasteiger partial charge on any atom is 0.321 e. The average Bonchev–Trinajstić information content (AvgIpc) is 2.63. The Kier molecular flexibility index (Phi) is 7.53. The molecule has 0 heterocycles. The van der Waals surface area contributed by atoms with Crippen LogP contribution in [-0.2, 0) is 0 Å². The van der Waals surface area contributed by atoms with E-state index in [4.69, 9.17) is 9.47 Å². The molecule has 0 radical (unpaired) electrons. The van der Waals surface area contributed by atoms with Crippen molar-refractivity contribution in [3.63, 3.8) is 0 Å². The standard InChI is InChI=1S/C22H30N2O3/c1-16(2)23-22(25)24(5)19-8-11-20(12-9-19)26-13-6-14-27-21-10-7-17(3)18(4)15-21/h7-12,15-16H,6,13-14H2,1-5H3,(H,23,25). The Balaban J connectivity index is 1.73. The summed E-state index contributed by atoms with van der Waals surface area (Å²) < 4.78 is 11.5. The minimum Gasteiger partial charge on any atom is -0.493 e. The lowest BCUT2D eigenvalue weighted by Gasteiger charge is -2.20.